The van der Waals surface area contributed by atoms with Gasteiger partial charge in [-0.1, -0.05) is 26.7 Å². The van der Waals surface area contributed by atoms with Gasteiger partial charge in [0.1, 0.15) is 0 Å². The first-order valence-electron chi connectivity index (χ1n) is 8.00. The van der Waals surface area contributed by atoms with Crippen molar-refractivity contribution in [2.45, 2.75) is 71.4 Å². The van der Waals surface area contributed by atoms with E-state index in [4.69, 9.17) is 4.99 Å². The summed E-state index contributed by atoms with van der Waals surface area (Å²) in [5.41, 5.74) is -0.162. The monoisotopic (exact) mass is 409 g/mol. The zero-order valence-corrected chi connectivity index (χ0v) is 16.5. The van der Waals surface area contributed by atoms with Crippen molar-refractivity contribution >= 4 is 29.9 Å². The number of aliphatic imine (C=N–C) groups is 1. The molecule has 1 saturated carbocycles. The Morgan fingerprint density at radius 1 is 1.19 bits per heavy atom. The normalized spacial score (nSPS) is 26.0. The van der Waals surface area contributed by atoms with E-state index in [0.29, 0.717) is 12.0 Å². The zero-order chi connectivity index (χ0) is 15.0. The van der Waals surface area contributed by atoms with Gasteiger partial charge < -0.3 is 15.3 Å². The van der Waals surface area contributed by atoms with Gasteiger partial charge in [-0.25, -0.2) is 0 Å². The van der Waals surface area contributed by atoms with E-state index in [1.165, 1.54) is 0 Å². The lowest BCUT2D eigenvalue weighted by Crippen LogP contribution is -2.72. The van der Waals surface area contributed by atoms with Crippen molar-refractivity contribution < 1.29 is 5.11 Å². The highest BCUT2D eigenvalue weighted by Crippen LogP contribution is 2.46. The average Bonchev–Trinajstić information content (AvgIpc) is 2.79. The molecule has 4 nitrogen and oxygen atoms in total. The molecule has 0 bridgehead atoms. The first-order chi connectivity index (χ1) is 9.22. The zero-order valence-electron chi connectivity index (χ0n) is 14.2. The fraction of sp³-hybridized carbons (Fsp3) is 0.938. The predicted octanol–water partition coefficient (Wildman–Crippen LogP) is 3.00. The second-order valence-electron chi connectivity index (χ2n) is 7.63. The molecule has 0 aromatic heterocycles. The van der Waals surface area contributed by atoms with Gasteiger partial charge in [-0.3, -0.25) is 4.99 Å². The molecule has 5 heteroatoms. The van der Waals surface area contributed by atoms with Crippen LogP contribution in [0.25, 0.3) is 0 Å². The molecule has 0 spiro atoms. The molecule has 0 unspecified atom stereocenters. The maximum atomic E-state index is 10.5. The third-order valence-corrected chi connectivity index (χ3v) is 5.53. The third kappa shape index (κ3) is 3.66. The molecule has 0 aromatic carbocycles. The second kappa shape index (κ2) is 6.60. The average molecular weight is 409 g/mol. The number of rotatable bonds is 3. The summed E-state index contributed by atoms with van der Waals surface area (Å²) in [6.07, 6.45) is 4.05. The van der Waals surface area contributed by atoms with E-state index in [0.717, 1.165) is 44.7 Å². The molecule has 1 saturated heterocycles. The van der Waals surface area contributed by atoms with Crippen LogP contribution in [-0.2, 0) is 0 Å². The molecule has 2 rings (SSSR count). The Morgan fingerprint density at radius 2 is 1.76 bits per heavy atom. The molecule has 2 aliphatic rings. The second-order valence-corrected chi connectivity index (χ2v) is 7.63. The van der Waals surface area contributed by atoms with E-state index in [1.807, 2.05) is 0 Å². The molecule has 2 fully saturated rings. The minimum atomic E-state index is -0.564. The number of nitrogens with zero attached hydrogens (tertiary/aromatic N) is 2. The highest BCUT2D eigenvalue weighted by Gasteiger charge is 2.53. The molecule has 124 valence electrons. The van der Waals surface area contributed by atoms with Gasteiger partial charge in [-0.05, 0) is 33.6 Å². The Bertz CT molecular complexity index is 387. The standard InChI is InChI=1S/C16H31N3O.HI/c1-6-17-13(18-11-16(20)9-7-8-10-16)19-12-14(2,3)15(19,4)5;/h20H,6-12H2,1-5H3,(H,17,18);1H. The summed E-state index contributed by atoms with van der Waals surface area (Å²) in [4.78, 5) is 7.07. The van der Waals surface area contributed by atoms with E-state index >= 15 is 0 Å². The smallest absolute Gasteiger partial charge is 0.194 e. The molecule has 0 atom stereocenters. The van der Waals surface area contributed by atoms with Crippen LogP contribution in [0.4, 0.5) is 0 Å². The lowest BCUT2D eigenvalue weighted by molar-refractivity contribution is -0.0671. The van der Waals surface area contributed by atoms with Crippen molar-refractivity contribution in [3.05, 3.63) is 0 Å². The van der Waals surface area contributed by atoms with Gasteiger partial charge in [0.15, 0.2) is 5.96 Å². The van der Waals surface area contributed by atoms with Crippen LogP contribution in [-0.4, -0.2) is 46.7 Å². The molecule has 0 radical (unpaired) electrons. The Kier molecular flexibility index (Phi) is 5.98. The summed E-state index contributed by atoms with van der Waals surface area (Å²) >= 11 is 0. The van der Waals surface area contributed by atoms with E-state index in [-0.39, 0.29) is 29.5 Å². The molecule has 1 aliphatic heterocycles. The number of halogens is 1. The SMILES string of the molecule is CCNC(=NCC1(O)CCCC1)N1CC(C)(C)C1(C)C.I. The van der Waals surface area contributed by atoms with E-state index in [9.17, 15) is 5.11 Å². The minimum Gasteiger partial charge on any atom is -0.388 e. The van der Waals surface area contributed by atoms with Crippen LogP contribution in [0.3, 0.4) is 0 Å². The minimum absolute atomic E-state index is 0. The van der Waals surface area contributed by atoms with Gasteiger partial charge in [0, 0.05) is 24.0 Å². The van der Waals surface area contributed by atoms with Gasteiger partial charge in [-0.15, -0.1) is 24.0 Å². The van der Waals surface area contributed by atoms with Crippen LogP contribution in [0, 0.1) is 5.41 Å². The molecular formula is C16H32IN3O. The van der Waals surface area contributed by atoms with E-state index in [2.05, 4.69) is 44.8 Å². The maximum Gasteiger partial charge on any atom is 0.194 e. The van der Waals surface area contributed by atoms with Crippen molar-refractivity contribution in [1.82, 2.24) is 10.2 Å². The number of guanidine groups is 1. The van der Waals surface area contributed by atoms with Gasteiger partial charge in [0.25, 0.3) is 0 Å². The number of hydrogen-bond acceptors (Lipinski definition) is 2. The van der Waals surface area contributed by atoms with Gasteiger partial charge in [-0.2, -0.15) is 0 Å². The highest BCUT2D eigenvalue weighted by molar-refractivity contribution is 14.0. The summed E-state index contributed by atoms with van der Waals surface area (Å²) in [6.45, 7) is 13.7. The summed E-state index contributed by atoms with van der Waals surface area (Å²) < 4.78 is 0. The van der Waals surface area contributed by atoms with Crippen LogP contribution in [0.2, 0.25) is 0 Å². The van der Waals surface area contributed by atoms with Crippen molar-refractivity contribution in [3.63, 3.8) is 0 Å². The van der Waals surface area contributed by atoms with Crippen LogP contribution in [0.5, 0.6) is 0 Å². The van der Waals surface area contributed by atoms with E-state index < -0.39 is 5.60 Å². The topological polar surface area (TPSA) is 47.9 Å². The number of likely N-dealkylation sites (tertiary alicyclic amines) is 1. The molecule has 21 heavy (non-hydrogen) atoms. The van der Waals surface area contributed by atoms with Crippen LogP contribution in [0.15, 0.2) is 4.99 Å². The molecule has 0 amide bonds. The summed E-state index contributed by atoms with van der Waals surface area (Å²) in [6, 6.07) is 0. The quantitative estimate of drug-likeness (QED) is 0.428. The van der Waals surface area contributed by atoms with Crippen molar-refractivity contribution in [2.75, 3.05) is 19.6 Å². The summed E-state index contributed by atoms with van der Waals surface area (Å²) in [7, 11) is 0. The molecular weight excluding hydrogens is 377 g/mol. The van der Waals surface area contributed by atoms with Crippen LogP contribution >= 0.6 is 24.0 Å². The summed E-state index contributed by atoms with van der Waals surface area (Å²) in [5, 5.41) is 13.8. The summed E-state index contributed by atoms with van der Waals surface area (Å²) in [5.74, 6) is 0.956. The fourth-order valence-electron chi connectivity index (χ4n) is 3.21. The Morgan fingerprint density at radius 3 is 2.19 bits per heavy atom. The highest BCUT2D eigenvalue weighted by atomic mass is 127. The predicted molar refractivity (Wildman–Crippen MR) is 99.4 cm³/mol. The molecule has 0 aromatic rings. The fourth-order valence-corrected chi connectivity index (χ4v) is 3.21. The Labute approximate surface area is 146 Å². The number of aliphatic hydroxyl groups is 1. The number of nitrogens with one attached hydrogen (secondary N) is 1. The molecule has 2 N–H and O–H groups in total. The van der Waals surface area contributed by atoms with Crippen molar-refractivity contribution in [2.24, 2.45) is 10.4 Å². The lowest BCUT2D eigenvalue weighted by atomic mass is 9.65. The van der Waals surface area contributed by atoms with E-state index in [1.54, 1.807) is 0 Å². The lowest BCUT2D eigenvalue weighted by Gasteiger charge is -2.62. The van der Waals surface area contributed by atoms with Gasteiger partial charge in [0.05, 0.1) is 12.1 Å². The Hall–Kier alpha value is -0.0400. The molecule has 1 aliphatic carbocycles. The Balaban J connectivity index is 0.00000220. The first kappa shape index (κ1) is 19.0. The van der Waals surface area contributed by atoms with Gasteiger partial charge >= 0.3 is 0 Å². The molecule has 1 heterocycles. The van der Waals surface area contributed by atoms with Gasteiger partial charge in [0.2, 0.25) is 0 Å². The van der Waals surface area contributed by atoms with Crippen molar-refractivity contribution in [3.8, 4) is 0 Å². The third-order valence-electron chi connectivity index (χ3n) is 5.53. The van der Waals surface area contributed by atoms with Crippen LogP contribution < -0.4 is 5.32 Å². The maximum absolute atomic E-state index is 10.5. The van der Waals surface area contributed by atoms with Crippen molar-refractivity contribution in [1.29, 1.82) is 0 Å². The largest absolute Gasteiger partial charge is 0.388 e. The first-order valence-corrected chi connectivity index (χ1v) is 8.00. The number of hydrogen-bond donors (Lipinski definition) is 2. The van der Waals surface area contributed by atoms with Crippen LogP contribution in [0.1, 0.15) is 60.3 Å².